The van der Waals surface area contributed by atoms with Crippen LogP contribution in [0.25, 0.3) is 5.70 Å². The van der Waals surface area contributed by atoms with Crippen LogP contribution in [0.15, 0.2) is 48.8 Å². The van der Waals surface area contributed by atoms with Crippen molar-refractivity contribution in [3.63, 3.8) is 0 Å². The summed E-state index contributed by atoms with van der Waals surface area (Å²) in [5.74, 6) is 0.486. The number of aromatic nitrogens is 2. The molecule has 0 radical (unpaired) electrons. The summed E-state index contributed by atoms with van der Waals surface area (Å²) in [6.45, 7) is 4.46. The molecular weight excluding hydrogens is 362 g/mol. The normalized spacial score (nSPS) is 21.4. The number of ether oxygens (including phenoxy) is 1. The molecule has 1 aromatic carbocycles. The van der Waals surface area contributed by atoms with Crippen LogP contribution in [0.3, 0.4) is 0 Å². The second-order valence-corrected chi connectivity index (χ2v) is 6.62. The largest absolute Gasteiger partial charge is 0.348 e. The number of anilines is 1. The number of nitrogens with zero attached hydrogens (tertiary/aromatic N) is 2. The second-order valence-electron chi connectivity index (χ2n) is 6.19. The van der Waals surface area contributed by atoms with Crippen molar-refractivity contribution in [3.8, 4) is 0 Å². The summed E-state index contributed by atoms with van der Waals surface area (Å²) in [6, 6.07) is 7.69. The van der Waals surface area contributed by atoms with Crippen LogP contribution in [0.1, 0.15) is 17.2 Å². The number of hydrogen-bond acceptors (Lipinski definition) is 4. The van der Waals surface area contributed by atoms with Crippen molar-refractivity contribution in [3.05, 3.63) is 65.0 Å². The summed E-state index contributed by atoms with van der Waals surface area (Å²) in [4.78, 5) is 0. The van der Waals surface area contributed by atoms with Crippen molar-refractivity contribution in [1.29, 1.82) is 0 Å². The fourth-order valence-corrected chi connectivity index (χ4v) is 3.11. The van der Waals surface area contributed by atoms with E-state index in [2.05, 4.69) is 22.3 Å². The van der Waals surface area contributed by atoms with Gasteiger partial charge in [0.1, 0.15) is 23.8 Å². The summed E-state index contributed by atoms with van der Waals surface area (Å²) in [7, 11) is 0. The molecule has 1 saturated heterocycles. The lowest BCUT2D eigenvalue weighted by Gasteiger charge is -2.19. The van der Waals surface area contributed by atoms with Crippen molar-refractivity contribution in [2.75, 3.05) is 11.9 Å². The minimum atomic E-state index is -2.63. The molecule has 2 aliphatic rings. The maximum Gasteiger partial charge on any atom is 0.280 e. The highest BCUT2D eigenvalue weighted by Crippen LogP contribution is 2.43. The fourth-order valence-electron chi connectivity index (χ4n) is 2.99. The van der Waals surface area contributed by atoms with Crippen molar-refractivity contribution in [2.24, 2.45) is 0 Å². The number of nitrogens with one attached hydrogen (secondary N) is 2. The molecule has 3 heterocycles. The Balaban J connectivity index is 1.38. The molecule has 0 amide bonds. The van der Waals surface area contributed by atoms with Crippen LogP contribution in [-0.2, 0) is 11.2 Å². The zero-order valence-corrected chi connectivity index (χ0v) is 14.5. The molecule has 26 heavy (non-hydrogen) atoms. The zero-order chi connectivity index (χ0) is 18.3. The Hall–Kier alpha value is -2.22. The Morgan fingerprint density at radius 2 is 2.12 bits per heavy atom. The van der Waals surface area contributed by atoms with E-state index in [1.165, 1.54) is 16.3 Å². The third-order valence-corrected chi connectivity index (χ3v) is 4.59. The number of benzene rings is 1. The highest BCUT2D eigenvalue weighted by Gasteiger charge is 2.43. The summed E-state index contributed by atoms with van der Waals surface area (Å²) in [5.41, 5.74) is 2.12. The van der Waals surface area contributed by atoms with Gasteiger partial charge in [0.05, 0.1) is 6.20 Å². The quantitative estimate of drug-likeness (QED) is 0.750. The lowest BCUT2D eigenvalue weighted by atomic mass is 10.1. The van der Waals surface area contributed by atoms with Gasteiger partial charge in [-0.1, -0.05) is 30.3 Å². The molecule has 5 nitrogen and oxygen atoms in total. The van der Waals surface area contributed by atoms with Crippen molar-refractivity contribution >= 4 is 23.1 Å². The first-order valence-corrected chi connectivity index (χ1v) is 8.58. The number of allylic oxidation sites excluding steroid dienone is 2. The van der Waals surface area contributed by atoms with E-state index < -0.39 is 6.43 Å². The highest BCUT2D eigenvalue weighted by molar-refractivity contribution is 6.30. The van der Waals surface area contributed by atoms with Gasteiger partial charge in [0.25, 0.3) is 6.43 Å². The Morgan fingerprint density at radius 1 is 1.35 bits per heavy atom. The van der Waals surface area contributed by atoms with Crippen LogP contribution < -0.4 is 10.6 Å². The van der Waals surface area contributed by atoms with E-state index >= 15 is 0 Å². The molecular formula is C18H17ClF2N4O. The molecule has 0 aliphatic carbocycles. The Morgan fingerprint density at radius 3 is 2.85 bits per heavy atom. The average molecular weight is 379 g/mol. The van der Waals surface area contributed by atoms with Crippen molar-refractivity contribution in [2.45, 2.75) is 25.2 Å². The summed E-state index contributed by atoms with van der Waals surface area (Å²) >= 11 is 5.87. The molecule has 0 saturated carbocycles. The predicted octanol–water partition coefficient (Wildman–Crippen LogP) is 3.81. The van der Waals surface area contributed by atoms with E-state index in [1.54, 1.807) is 6.20 Å². The van der Waals surface area contributed by atoms with Gasteiger partial charge in [-0.3, -0.25) is 5.32 Å². The Kier molecular flexibility index (Phi) is 4.52. The van der Waals surface area contributed by atoms with Crippen LogP contribution in [0.5, 0.6) is 0 Å². The molecule has 136 valence electrons. The summed E-state index contributed by atoms with van der Waals surface area (Å²) in [5, 5.41) is 11.1. The van der Waals surface area contributed by atoms with Gasteiger partial charge in [-0.2, -0.15) is 5.10 Å². The third-order valence-electron chi connectivity index (χ3n) is 4.34. The molecule has 0 bridgehead atoms. The first-order chi connectivity index (χ1) is 12.5. The van der Waals surface area contributed by atoms with Crippen LogP contribution in [0, 0.1) is 0 Å². The molecule has 0 spiro atoms. The number of rotatable bonds is 6. The van der Waals surface area contributed by atoms with Crippen molar-refractivity contribution in [1.82, 2.24) is 15.1 Å². The van der Waals surface area contributed by atoms with Gasteiger partial charge >= 0.3 is 0 Å². The number of alkyl halides is 2. The molecule has 2 N–H and O–H groups in total. The van der Waals surface area contributed by atoms with Gasteiger partial charge in [0.2, 0.25) is 0 Å². The van der Waals surface area contributed by atoms with Gasteiger partial charge in [-0.15, -0.1) is 0 Å². The maximum absolute atomic E-state index is 13.2. The minimum absolute atomic E-state index is 0.160. The molecule has 2 aliphatic heterocycles. The Labute approximate surface area is 154 Å². The van der Waals surface area contributed by atoms with Crippen LogP contribution in [-0.4, -0.2) is 29.0 Å². The average Bonchev–Trinajstić information content (AvgIpc) is 3.25. The number of hydrogen-bond donors (Lipinski definition) is 2. The summed E-state index contributed by atoms with van der Waals surface area (Å²) in [6.07, 6.45) is 0.679. The van der Waals surface area contributed by atoms with Gasteiger partial charge in [-0.25, -0.2) is 13.5 Å². The second kappa shape index (κ2) is 6.83. The van der Waals surface area contributed by atoms with Gasteiger partial charge < -0.3 is 10.1 Å². The number of epoxide rings is 1. The van der Waals surface area contributed by atoms with Crippen molar-refractivity contribution < 1.29 is 13.5 Å². The smallest absolute Gasteiger partial charge is 0.280 e. The Bertz CT molecular complexity index is 863. The van der Waals surface area contributed by atoms with Gasteiger partial charge in [0.15, 0.2) is 0 Å². The molecule has 1 fully saturated rings. The monoisotopic (exact) mass is 378 g/mol. The highest BCUT2D eigenvalue weighted by atomic mass is 35.5. The topological polar surface area (TPSA) is 54.4 Å². The lowest BCUT2D eigenvalue weighted by Crippen LogP contribution is -2.21. The third kappa shape index (κ3) is 3.38. The fraction of sp³-hybridized carbons (Fsp3) is 0.278. The molecule has 8 heteroatoms. The van der Waals surface area contributed by atoms with E-state index in [1.807, 2.05) is 24.3 Å². The molecule has 2 unspecified atom stereocenters. The SMILES string of the molecule is C=C1C=C(C(F)F)n2ncc(C3OC3NCCc3ccc(Cl)cc3)c2N1. The number of fused-ring (bicyclic) bond motifs is 1. The van der Waals surface area contributed by atoms with Gasteiger partial charge in [-0.05, 0) is 30.2 Å². The van der Waals surface area contributed by atoms with E-state index in [0.29, 0.717) is 16.5 Å². The lowest BCUT2D eigenvalue weighted by molar-refractivity contribution is 0.206. The van der Waals surface area contributed by atoms with Crippen LogP contribution >= 0.6 is 11.6 Å². The van der Waals surface area contributed by atoms with E-state index in [4.69, 9.17) is 16.3 Å². The molecule has 2 aromatic rings. The maximum atomic E-state index is 13.2. The minimum Gasteiger partial charge on any atom is -0.348 e. The summed E-state index contributed by atoms with van der Waals surface area (Å²) < 4.78 is 33.2. The van der Waals surface area contributed by atoms with E-state index in [9.17, 15) is 8.78 Å². The standard InChI is InChI=1S/C18H17ClF2N4O/c1-10-8-14(16(20)21)25-17(24-10)13(9-23-25)15-18(26-15)22-7-6-11-2-4-12(19)5-3-11/h2-5,8-9,15-16,18,22,24H,1,6-7H2. The first-order valence-electron chi connectivity index (χ1n) is 8.20. The first kappa shape index (κ1) is 17.2. The molecule has 2 atom stereocenters. The molecule has 1 aromatic heterocycles. The zero-order valence-electron chi connectivity index (χ0n) is 13.8. The predicted molar refractivity (Wildman–Crippen MR) is 96.0 cm³/mol. The van der Waals surface area contributed by atoms with E-state index in [0.717, 1.165) is 18.5 Å². The van der Waals surface area contributed by atoms with Crippen LogP contribution in [0.2, 0.25) is 5.02 Å². The van der Waals surface area contributed by atoms with Gasteiger partial charge in [0, 0.05) is 22.8 Å². The molecule has 4 rings (SSSR count). The van der Waals surface area contributed by atoms with Crippen LogP contribution in [0.4, 0.5) is 14.6 Å². The number of halogens is 3. The van der Waals surface area contributed by atoms with E-state index in [-0.39, 0.29) is 18.0 Å².